The number of hydrogen-bond acceptors (Lipinski definition) is 5. The van der Waals surface area contributed by atoms with Crippen LogP contribution in [0.25, 0.3) is 11.1 Å². The van der Waals surface area contributed by atoms with Crippen molar-refractivity contribution in [3.8, 4) is 11.1 Å². The first-order chi connectivity index (χ1) is 12.1. The van der Waals surface area contributed by atoms with E-state index >= 15 is 0 Å². The molecule has 1 spiro atoms. The summed E-state index contributed by atoms with van der Waals surface area (Å²) < 4.78 is 5.23. The van der Waals surface area contributed by atoms with Crippen molar-refractivity contribution in [2.24, 2.45) is 5.41 Å². The molecule has 4 heterocycles. The molecule has 2 saturated heterocycles. The fourth-order valence-corrected chi connectivity index (χ4v) is 4.15. The van der Waals surface area contributed by atoms with Crippen molar-refractivity contribution in [2.45, 2.75) is 19.3 Å². The number of anilines is 1. The van der Waals surface area contributed by atoms with E-state index in [1.807, 2.05) is 0 Å². The maximum Gasteiger partial charge on any atom is 0.226 e. The van der Waals surface area contributed by atoms with Crippen LogP contribution in [0.2, 0.25) is 5.02 Å². The highest BCUT2D eigenvalue weighted by atomic mass is 35.5. The largest absolute Gasteiger partial charge is 0.461 e. The standard InChI is InChI=1S/C18H18ClN3O3/c19-15-9-20-8-14(12-7-13(10-23)25-11-12)16(15)22-5-2-18(3-6-22)1-4-21-17(18)24/h7-11H,1-6H2,(H,21,24). The number of pyridine rings is 1. The maximum atomic E-state index is 12.2. The van der Waals surface area contributed by atoms with E-state index in [9.17, 15) is 9.59 Å². The lowest BCUT2D eigenvalue weighted by Crippen LogP contribution is -2.44. The topological polar surface area (TPSA) is 75.4 Å². The first kappa shape index (κ1) is 16.1. The second kappa shape index (κ2) is 6.19. The smallest absolute Gasteiger partial charge is 0.226 e. The zero-order chi connectivity index (χ0) is 17.4. The van der Waals surface area contributed by atoms with Crippen LogP contribution in [0.4, 0.5) is 5.69 Å². The van der Waals surface area contributed by atoms with Gasteiger partial charge in [-0.3, -0.25) is 14.6 Å². The minimum Gasteiger partial charge on any atom is -0.461 e. The molecular weight excluding hydrogens is 342 g/mol. The van der Waals surface area contributed by atoms with Crippen molar-refractivity contribution < 1.29 is 14.0 Å². The Hall–Kier alpha value is -2.34. The van der Waals surface area contributed by atoms with E-state index in [0.717, 1.165) is 55.7 Å². The summed E-state index contributed by atoms with van der Waals surface area (Å²) in [4.78, 5) is 29.4. The van der Waals surface area contributed by atoms with Gasteiger partial charge < -0.3 is 14.6 Å². The van der Waals surface area contributed by atoms with Crippen molar-refractivity contribution in [3.05, 3.63) is 35.5 Å². The van der Waals surface area contributed by atoms with Crippen molar-refractivity contribution >= 4 is 29.5 Å². The molecular formula is C18H18ClN3O3. The van der Waals surface area contributed by atoms with Crippen LogP contribution in [0.15, 0.2) is 29.1 Å². The number of nitrogens with zero attached hydrogens (tertiary/aromatic N) is 2. The predicted octanol–water partition coefficient (Wildman–Crippen LogP) is 2.91. The van der Waals surface area contributed by atoms with Gasteiger partial charge in [0.15, 0.2) is 12.0 Å². The number of aldehydes is 1. The number of carbonyl (C=O) groups is 2. The first-order valence-electron chi connectivity index (χ1n) is 8.34. The fraction of sp³-hybridized carbons (Fsp3) is 0.389. The summed E-state index contributed by atoms with van der Waals surface area (Å²) >= 11 is 6.45. The van der Waals surface area contributed by atoms with E-state index in [2.05, 4.69) is 15.2 Å². The van der Waals surface area contributed by atoms with E-state index < -0.39 is 0 Å². The summed E-state index contributed by atoms with van der Waals surface area (Å²) in [5, 5.41) is 3.51. The molecule has 2 fully saturated rings. The van der Waals surface area contributed by atoms with Gasteiger partial charge in [-0.2, -0.15) is 0 Å². The Morgan fingerprint density at radius 1 is 1.28 bits per heavy atom. The normalized spacial score (nSPS) is 19.2. The number of nitrogens with one attached hydrogen (secondary N) is 1. The van der Waals surface area contributed by atoms with Crippen LogP contribution in [0.5, 0.6) is 0 Å². The van der Waals surface area contributed by atoms with E-state index in [-0.39, 0.29) is 17.1 Å². The zero-order valence-corrected chi connectivity index (χ0v) is 14.4. The third kappa shape index (κ3) is 2.70. The number of hydrogen-bond donors (Lipinski definition) is 1. The fourth-order valence-electron chi connectivity index (χ4n) is 3.87. The summed E-state index contributed by atoms with van der Waals surface area (Å²) in [6.07, 6.45) is 8.08. The molecule has 0 bridgehead atoms. The lowest BCUT2D eigenvalue weighted by molar-refractivity contribution is -0.128. The Kier molecular flexibility index (Phi) is 4.00. The van der Waals surface area contributed by atoms with Crippen LogP contribution >= 0.6 is 11.6 Å². The number of aromatic nitrogens is 1. The van der Waals surface area contributed by atoms with Gasteiger partial charge in [0.2, 0.25) is 5.91 Å². The Morgan fingerprint density at radius 3 is 2.72 bits per heavy atom. The molecule has 0 aromatic carbocycles. The lowest BCUT2D eigenvalue weighted by atomic mass is 9.77. The monoisotopic (exact) mass is 359 g/mol. The molecule has 4 rings (SSSR count). The molecule has 0 unspecified atom stereocenters. The van der Waals surface area contributed by atoms with Crippen LogP contribution in [0.1, 0.15) is 29.8 Å². The van der Waals surface area contributed by atoms with Gasteiger partial charge in [-0.1, -0.05) is 11.6 Å². The molecule has 2 aromatic rings. The van der Waals surface area contributed by atoms with Gasteiger partial charge in [-0.25, -0.2) is 0 Å². The van der Waals surface area contributed by atoms with E-state index in [0.29, 0.717) is 11.3 Å². The molecule has 0 saturated carbocycles. The minimum atomic E-state index is -0.226. The quantitative estimate of drug-likeness (QED) is 0.853. The Balaban J connectivity index is 1.65. The third-order valence-corrected chi connectivity index (χ3v) is 5.60. The maximum absolute atomic E-state index is 12.2. The predicted molar refractivity (Wildman–Crippen MR) is 93.8 cm³/mol. The Bertz CT molecular complexity index is 825. The van der Waals surface area contributed by atoms with Crippen LogP contribution in [0.3, 0.4) is 0 Å². The van der Waals surface area contributed by atoms with Gasteiger partial charge in [0, 0.05) is 43.2 Å². The molecule has 0 atom stereocenters. The molecule has 0 radical (unpaired) electrons. The molecule has 1 amide bonds. The van der Waals surface area contributed by atoms with Gasteiger partial charge in [0.05, 0.1) is 22.4 Å². The number of halogens is 1. The number of rotatable bonds is 3. The van der Waals surface area contributed by atoms with Crippen LogP contribution in [-0.4, -0.2) is 36.8 Å². The molecule has 6 nitrogen and oxygen atoms in total. The summed E-state index contributed by atoms with van der Waals surface area (Å²) in [5.74, 6) is 0.444. The molecule has 1 N–H and O–H groups in total. The lowest BCUT2D eigenvalue weighted by Gasteiger charge is -2.39. The van der Waals surface area contributed by atoms with Gasteiger partial charge >= 0.3 is 0 Å². The van der Waals surface area contributed by atoms with Crippen molar-refractivity contribution in [1.82, 2.24) is 10.3 Å². The number of piperidine rings is 1. The highest BCUT2D eigenvalue weighted by molar-refractivity contribution is 6.33. The van der Waals surface area contributed by atoms with Gasteiger partial charge in [0.25, 0.3) is 0 Å². The van der Waals surface area contributed by atoms with Crippen molar-refractivity contribution in [1.29, 1.82) is 0 Å². The van der Waals surface area contributed by atoms with Crippen LogP contribution in [0, 0.1) is 5.41 Å². The molecule has 2 aliphatic rings. The summed E-state index contributed by atoms with van der Waals surface area (Å²) in [5.41, 5.74) is 2.25. The highest BCUT2D eigenvalue weighted by Crippen LogP contribution is 2.43. The second-order valence-corrected chi connectivity index (χ2v) is 7.05. The molecule has 2 aromatic heterocycles. The number of amides is 1. The average Bonchev–Trinajstić information content (AvgIpc) is 3.24. The van der Waals surface area contributed by atoms with Crippen molar-refractivity contribution in [3.63, 3.8) is 0 Å². The van der Waals surface area contributed by atoms with E-state index in [1.165, 1.54) is 6.26 Å². The highest BCUT2D eigenvalue weighted by Gasteiger charge is 2.44. The second-order valence-electron chi connectivity index (χ2n) is 6.65. The van der Waals surface area contributed by atoms with Gasteiger partial charge in [-0.15, -0.1) is 0 Å². The molecule has 0 aliphatic carbocycles. The van der Waals surface area contributed by atoms with Gasteiger partial charge in [-0.05, 0) is 25.3 Å². The Morgan fingerprint density at radius 2 is 2.08 bits per heavy atom. The minimum absolute atomic E-state index is 0.179. The van der Waals surface area contributed by atoms with E-state index in [1.54, 1.807) is 18.5 Å². The number of furan rings is 1. The molecule has 130 valence electrons. The molecule has 25 heavy (non-hydrogen) atoms. The SMILES string of the molecule is O=Cc1cc(-c2cncc(Cl)c2N2CCC3(CCNC3=O)CC2)co1. The van der Waals surface area contributed by atoms with Gasteiger partial charge in [0.1, 0.15) is 0 Å². The average molecular weight is 360 g/mol. The summed E-state index contributed by atoms with van der Waals surface area (Å²) in [7, 11) is 0. The molecule has 2 aliphatic heterocycles. The Labute approximate surface area is 150 Å². The first-order valence-corrected chi connectivity index (χ1v) is 8.72. The third-order valence-electron chi connectivity index (χ3n) is 5.33. The van der Waals surface area contributed by atoms with Crippen LogP contribution < -0.4 is 10.2 Å². The van der Waals surface area contributed by atoms with Crippen LogP contribution in [-0.2, 0) is 4.79 Å². The number of carbonyl (C=O) groups excluding carboxylic acids is 2. The van der Waals surface area contributed by atoms with Crippen molar-refractivity contribution in [2.75, 3.05) is 24.5 Å². The summed E-state index contributed by atoms with van der Waals surface area (Å²) in [6, 6.07) is 1.68. The summed E-state index contributed by atoms with van der Waals surface area (Å²) in [6.45, 7) is 2.27. The van der Waals surface area contributed by atoms with E-state index in [4.69, 9.17) is 16.0 Å². The molecule has 7 heteroatoms. The zero-order valence-electron chi connectivity index (χ0n) is 13.6.